The summed E-state index contributed by atoms with van der Waals surface area (Å²) < 4.78 is 12.2. The summed E-state index contributed by atoms with van der Waals surface area (Å²) in [7, 11) is 6.73. The van der Waals surface area contributed by atoms with E-state index in [1.165, 1.54) is 11.3 Å². The highest BCUT2D eigenvalue weighted by Gasteiger charge is 2.45. The largest absolute Gasteiger partial charge is 0.379 e. The molecule has 1 saturated heterocycles. The number of likely N-dealkylation sites (tertiary alicyclic amines) is 1. The van der Waals surface area contributed by atoms with Gasteiger partial charge in [0.2, 0.25) is 23.6 Å². The van der Waals surface area contributed by atoms with Crippen LogP contribution in [0.15, 0.2) is 41.9 Å². The van der Waals surface area contributed by atoms with E-state index in [1.54, 1.807) is 39.4 Å². The number of hydrogen-bond acceptors (Lipinski definition) is 10. The Morgan fingerprint density at radius 3 is 2.27 bits per heavy atom. The Morgan fingerprint density at radius 1 is 1.03 bits per heavy atom. The highest BCUT2D eigenvalue weighted by Crippen LogP contribution is 2.31. The first-order valence-corrected chi connectivity index (χ1v) is 22.5. The van der Waals surface area contributed by atoms with E-state index >= 15 is 0 Å². The Labute approximate surface area is 358 Å². The molecule has 3 rings (SSSR count). The number of thiazole rings is 1. The fraction of sp³-hybridized carbons (Fsp3) is 0.711. The van der Waals surface area contributed by atoms with Crippen molar-refractivity contribution in [3.63, 3.8) is 0 Å². The van der Waals surface area contributed by atoms with Crippen LogP contribution in [0, 0.1) is 23.7 Å². The number of benzene rings is 1. The molecule has 2 heterocycles. The van der Waals surface area contributed by atoms with Crippen LogP contribution in [0.2, 0.25) is 0 Å². The number of rotatable bonds is 25. The summed E-state index contributed by atoms with van der Waals surface area (Å²) in [5.74, 6) is -1.55. The number of nitrogens with two attached hydrogens (primary N) is 1. The van der Waals surface area contributed by atoms with Gasteiger partial charge in [0.15, 0.2) is 0 Å². The number of amides is 4. The van der Waals surface area contributed by atoms with E-state index in [0.717, 1.165) is 36.3 Å². The van der Waals surface area contributed by atoms with Gasteiger partial charge < -0.3 is 41.0 Å². The summed E-state index contributed by atoms with van der Waals surface area (Å²) in [6.07, 6.45) is 5.58. The second-order valence-corrected chi connectivity index (χ2v) is 18.0. The molecule has 1 aliphatic rings. The molecule has 1 unspecified atom stereocenters. The minimum Gasteiger partial charge on any atom is -0.379 e. The molecular weight excluding hydrogens is 767 g/mol. The minimum absolute atomic E-state index is 0.0278. The average molecular weight is 842 g/mol. The Kier molecular flexibility index (Phi) is 20.4. The predicted octanol–water partition coefficient (Wildman–Crippen LogP) is 5.35. The molecule has 1 aromatic carbocycles. The molecule has 0 radical (unpaired) electrons. The van der Waals surface area contributed by atoms with E-state index in [4.69, 9.17) is 15.2 Å². The maximum absolute atomic E-state index is 14.5. The van der Waals surface area contributed by atoms with Crippen LogP contribution in [0.4, 0.5) is 0 Å². The average Bonchev–Trinajstić information content (AvgIpc) is 3.95. The third-order valence-electron chi connectivity index (χ3n) is 12.7. The van der Waals surface area contributed by atoms with Crippen LogP contribution in [-0.4, -0.2) is 116 Å². The van der Waals surface area contributed by atoms with Crippen LogP contribution in [0.1, 0.15) is 110 Å². The number of carbonyl (C=O) groups excluding carboxylic acids is 4. The maximum atomic E-state index is 14.5. The van der Waals surface area contributed by atoms with Crippen molar-refractivity contribution >= 4 is 35.0 Å². The number of nitrogens with one attached hydrogen (secondary N) is 3. The maximum Gasteiger partial charge on any atom is 0.245 e. The lowest BCUT2D eigenvalue weighted by Gasteiger charge is -2.42. The van der Waals surface area contributed by atoms with Crippen molar-refractivity contribution in [1.29, 1.82) is 0 Å². The minimum atomic E-state index is -0.867. The quantitative estimate of drug-likeness (QED) is 0.0965. The van der Waals surface area contributed by atoms with Crippen molar-refractivity contribution in [2.75, 3.05) is 41.4 Å². The highest BCUT2D eigenvalue weighted by molar-refractivity contribution is 7.09. The van der Waals surface area contributed by atoms with E-state index < -0.39 is 35.7 Å². The van der Waals surface area contributed by atoms with Gasteiger partial charge in [0.1, 0.15) is 11.0 Å². The number of methoxy groups -OCH3 is 2. The Balaban J connectivity index is 1.81. The van der Waals surface area contributed by atoms with Crippen LogP contribution in [0.25, 0.3) is 0 Å². The van der Waals surface area contributed by atoms with Gasteiger partial charge in [-0.1, -0.05) is 85.2 Å². The van der Waals surface area contributed by atoms with Crippen molar-refractivity contribution in [3.05, 3.63) is 52.5 Å². The van der Waals surface area contributed by atoms with Crippen LogP contribution < -0.4 is 21.7 Å². The molecule has 5 N–H and O–H groups in total. The van der Waals surface area contributed by atoms with Crippen LogP contribution in [-0.2, 0) is 35.1 Å². The lowest BCUT2D eigenvalue weighted by Crippen LogP contribution is -2.64. The van der Waals surface area contributed by atoms with Gasteiger partial charge in [-0.25, -0.2) is 4.98 Å². The number of hydrogen-bond donors (Lipinski definition) is 4. The smallest absolute Gasteiger partial charge is 0.245 e. The van der Waals surface area contributed by atoms with Gasteiger partial charge in [0.25, 0.3) is 0 Å². The first-order chi connectivity index (χ1) is 28.1. The van der Waals surface area contributed by atoms with Crippen molar-refractivity contribution in [2.24, 2.45) is 29.4 Å². The highest BCUT2D eigenvalue weighted by atomic mass is 32.1. The van der Waals surface area contributed by atoms with Crippen LogP contribution in [0.3, 0.4) is 0 Å². The van der Waals surface area contributed by atoms with Crippen LogP contribution >= 0.6 is 11.3 Å². The normalized spacial score (nSPS) is 19.0. The van der Waals surface area contributed by atoms with Crippen molar-refractivity contribution in [1.82, 2.24) is 30.7 Å². The molecule has 14 heteroatoms. The molecule has 0 bridgehead atoms. The van der Waals surface area contributed by atoms with E-state index in [2.05, 4.69) is 34.8 Å². The lowest BCUT2D eigenvalue weighted by molar-refractivity contribution is -0.148. The number of likely N-dealkylation sites (N-methyl/N-ethyl adjacent to an activating group) is 2. The molecule has 0 spiro atoms. The topological polar surface area (TPSA) is 168 Å². The Morgan fingerprint density at radius 2 is 1.73 bits per heavy atom. The van der Waals surface area contributed by atoms with Crippen molar-refractivity contribution in [3.8, 4) is 0 Å². The molecule has 0 saturated carbocycles. The number of aromatic nitrogens is 1. The second-order valence-electron chi connectivity index (χ2n) is 17.0. The fourth-order valence-electron chi connectivity index (χ4n) is 8.81. The third kappa shape index (κ3) is 12.8. The lowest BCUT2D eigenvalue weighted by atomic mass is 9.80. The zero-order valence-corrected chi connectivity index (χ0v) is 38.5. The van der Waals surface area contributed by atoms with Gasteiger partial charge in [-0.3, -0.25) is 19.2 Å². The van der Waals surface area contributed by atoms with E-state index in [9.17, 15) is 19.2 Å². The van der Waals surface area contributed by atoms with E-state index in [1.807, 2.05) is 75.2 Å². The molecule has 9 atom stereocenters. The standard InChI is InChI=1S/C45H75N7O6S/c1-12-31(6)39(51(9)43(55)38(29(2)3)50-44(56)45(47-8,30(4)5)22-16-17-23-46)36(57-10)28-37(53)52-25-18-21-35(52)40(58-11)32(7)41(54)49-34(42-48-24-26-59-42)27-33-19-14-13-15-20-33/h13-15,19-20,24,26,29-32,34-36,38-40,47H,12,16-18,21-23,25,27-28,46H2,1-11H3,(H,49,54)(H,50,56)/t31-,32+,34-,35-,36+,38-,39-,40+,45?/m0/s1. The zero-order valence-electron chi connectivity index (χ0n) is 37.7. The van der Waals surface area contributed by atoms with E-state index in [0.29, 0.717) is 32.4 Å². The first-order valence-electron chi connectivity index (χ1n) is 21.7. The first kappa shape index (κ1) is 49.9. The van der Waals surface area contributed by atoms with Gasteiger partial charge in [-0.15, -0.1) is 11.3 Å². The number of unbranched alkanes of at least 4 members (excludes halogenated alkanes) is 1. The van der Waals surface area contributed by atoms with Gasteiger partial charge in [-0.2, -0.15) is 0 Å². The van der Waals surface area contributed by atoms with Crippen LogP contribution in [0.5, 0.6) is 0 Å². The number of carbonyl (C=O) groups is 4. The molecule has 13 nitrogen and oxygen atoms in total. The monoisotopic (exact) mass is 842 g/mol. The predicted molar refractivity (Wildman–Crippen MR) is 236 cm³/mol. The molecule has 2 aromatic rings. The van der Waals surface area contributed by atoms with Crippen molar-refractivity contribution < 1.29 is 28.7 Å². The number of ether oxygens (including phenoxy) is 2. The molecule has 332 valence electrons. The molecule has 0 aliphatic carbocycles. The van der Waals surface area contributed by atoms with Crippen molar-refractivity contribution in [2.45, 2.75) is 142 Å². The van der Waals surface area contributed by atoms with Gasteiger partial charge in [0, 0.05) is 39.4 Å². The third-order valence-corrected chi connectivity index (χ3v) is 13.6. The van der Waals surface area contributed by atoms with Gasteiger partial charge >= 0.3 is 0 Å². The SMILES string of the molecule is CC[C@H](C)[C@@H]([C@@H](CC(=O)N1CCC[C@H]1[C@H](OC)[C@@H](C)C(=O)N[C@@H](Cc1ccccc1)c1nccs1)OC)N(C)C(=O)[C@@H](NC(=O)C(CCCCN)(NC)C(C)C)C(C)C. The summed E-state index contributed by atoms with van der Waals surface area (Å²) in [5.41, 5.74) is 6.00. The molecule has 1 fully saturated rings. The number of nitrogens with zero attached hydrogens (tertiary/aromatic N) is 3. The Bertz CT molecular complexity index is 1580. The Hall–Kier alpha value is -3.43. The summed E-state index contributed by atoms with van der Waals surface area (Å²) in [5, 5.41) is 12.4. The zero-order chi connectivity index (χ0) is 43.9. The molecule has 1 aromatic heterocycles. The molecular formula is C45H75N7O6S. The summed E-state index contributed by atoms with van der Waals surface area (Å²) >= 11 is 1.50. The summed E-state index contributed by atoms with van der Waals surface area (Å²) in [6.45, 7) is 14.9. The van der Waals surface area contributed by atoms with Gasteiger partial charge in [-0.05, 0) is 75.4 Å². The second kappa shape index (κ2) is 24.1. The van der Waals surface area contributed by atoms with E-state index in [-0.39, 0.29) is 59.9 Å². The molecule has 1 aliphatic heterocycles. The molecule has 59 heavy (non-hydrogen) atoms. The fourth-order valence-corrected chi connectivity index (χ4v) is 9.50. The summed E-state index contributed by atoms with van der Waals surface area (Å²) in [4.78, 5) is 65.0. The van der Waals surface area contributed by atoms with Gasteiger partial charge in [0.05, 0.1) is 48.2 Å². The summed E-state index contributed by atoms with van der Waals surface area (Å²) in [6, 6.07) is 8.13. The molecule has 4 amide bonds.